The van der Waals surface area contributed by atoms with Crippen LogP contribution in [0.1, 0.15) is 5.01 Å². The Bertz CT molecular complexity index is 629. The minimum atomic E-state index is 1.09. The first-order valence-corrected chi connectivity index (χ1v) is 5.93. The molecule has 3 aromatic rings. The second-order valence-corrected chi connectivity index (χ2v) is 4.86. The van der Waals surface area contributed by atoms with Gasteiger partial charge in [-0.15, -0.1) is 11.3 Å². The summed E-state index contributed by atoms with van der Waals surface area (Å²) in [6.07, 6.45) is 3.63. The molecule has 0 radical (unpaired) electrons. The van der Waals surface area contributed by atoms with Crippen LogP contribution in [-0.4, -0.2) is 9.97 Å². The Morgan fingerprint density at radius 1 is 1.06 bits per heavy atom. The highest BCUT2D eigenvalue weighted by atomic mass is 32.1. The van der Waals surface area contributed by atoms with Crippen molar-refractivity contribution in [2.75, 3.05) is 0 Å². The Morgan fingerprint density at radius 2 is 1.88 bits per heavy atom. The predicted molar refractivity (Wildman–Crippen MR) is 67.6 cm³/mol. The number of nitrogens with zero attached hydrogens (tertiary/aromatic N) is 2. The maximum Gasteiger partial charge on any atom is 0.0908 e. The lowest BCUT2D eigenvalue weighted by molar-refractivity contribution is 1.32. The summed E-state index contributed by atoms with van der Waals surface area (Å²) < 4.78 is 1.24. The average Bonchev–Trinajstić information content (AvgIpc) is 2.70. The van der Waals surface area contributed by atoms with Gasteiger partial charge in [-0.05, 0) is 30.7 Å². The Kier molecular flexibility index (Phi) is 2.18. The smallest absolute Gasteiger partial charge is 0.0908 e. The number of aryl methyl sites for hydroxylation is 1. The molecule has 0 saturated heterocycles. The number of benzene rings is 1. The van der Waals surface area contributed by atoms with Crippen LogP contribution >= 0.6 is 11.3 Å². The molecule has 2 nitrogen and oxygen atoms in total. The molecule has 0 aliphatic carbocycles. The SMILES string of the molecule is Cc1nc2c(-c3ccncc3)cccc2s1. The highest BCUT2D eigenvalue weighted by Crippen LogP contribution is 2.30. The van der Waals surface area contributed by atoms with E-state index in [1.165, 1.54) is 15.8 Å². The minimum absolute atomic E-state index is 1.09. The second-order valence-electron chi connectivity index (χ2n) is 3.62. The zero-order valence-corrected chi connectivity index (χ0v) is 9.66. The van der Waals surface area contributed by atoms with E-state index in [0.29, 0.717) is 0 Å². The summed E-state index contributed by atoms with van der Waals surface area (Å²) >= 11 is 1.73. The van der Waals surface area contributed by atoms with Crippen molar-refractivity contribution in [2.24, 2.45) is 0 Å². The lowest BCUT2D eigenvalue weighted by Crippen LogP contribution is -1.80. The molecule has 0 fully saturated rings. The quantitative estimate of drug-likeness (QED) is 0.632. The Labute approximate surface area is 97.6 Å². The van der Waals surface area contributed by atoms with Crippen molar-refractivity contribution in [3.8, 4) is 11.1 Å². The third kappa shape index (κ3) is 1.49. The molecule has 16 heavy (non-hydrogen) atoms. The first kappa shape index (κ1) is 9.48. The van der Waals surface area contributed by atoms with Gasteiger partial charge >= 0.3 is 0 Å². The van der Waals surface area contributed by atoms with Gasteiger partial charge in [-0.1, -0.05) is 12.1 Å². The summed E-state index contributed by atoms with van der Waals surface area (Å²) in [5, 5.41) is 1.11. The van der Waals surface area contributed by atoms with Crippen LogP contribution in [0.4, 0.5) is 0 Å². The van der Waals surface area contributed by atoms with Gasteiger partial charge in [0.1, 0.15) is 0 Å². The van der Waals surface area contributed by atoms with Crippen LogP contribution in [0.2, 0.25) is 0 Å². The number of hydrogen-bond donors (Lipinski definition) is 0. The molecule has 2 heterocycles. The number of rotatable bonds is 1. The van der Waals surface area contributed by atoms with Crippen LogP contribution < -0.4 is 0 Å². The monoisotopic (exact) mass is 226 g/mol. The summed E-state index contributed by atoms with van der Waals surface area (Å²) in [5.74, 6) is 0. The third-order valence-electron chi connectivity index (χ3n) is 2.52. The molecule has 0 atom stereocenters. The summed E-state index contributed by atoms with van der Waals surface area (Å²) in [6, 6.07) is 10.3. The molecular weight excluding hydrogens is 216 g/mol. The zero-order chi connectivity index (χ0) is 11.0. The molecule has 0 aliphatic rings. The maximum absolute atomic E-state index is 4.59. The molecule has 0 N–H and O–H groups in total. The minimum Gasteiger partial charge on any atom is -0.265 e. The van der Waals surface area contributed by atoms with E-state index in [2.05, 4.69) is 28.2 Å². The van der Waals surface area contributed by atoms with Crippen LogP contribution in [-0.2, 0) is 0 Å². The molecule has 2 aromatic heterocycles. The van der Waals surface area contributed by atoms with Crippen LogP contribution in [0.5, 0.6) is 0 Å². The molecule has 1 aromatic carbocycles. The highest BCUT2D eigenvalue weighted by Gasteiger charge is 2.06. The van der Waals surface area contributed by atoms with Crippen molar-refractivity contribution >= 4 is 21.6 Å². The Balaban J connectivity index is 2.31. The van der Waals surface area contributed by atoms with Crippen LogP contribution in [0.25, 0.3) is 21.3 Å². The predicted octanol–water partition coefficient (Wildman–Crippen LogP) is 3.67. The fourth-order valence-electron chi connectivity index (χ4n) is 1.82. The molecule has 0 amide bonds. The van der Waals surface area contributed by atoms with Gasteiger partial charge in [0.05, 0.1) is 15.2 Å². The fraction of sp³-hybridized carbons (Fsp3) is 0.0769. The van der Waals surface area contributed by atoms with Gasteiger partial charge < -0.3 is 0 Å². The summed E-state index contributed by atoms with van der Waals surface area (Å²) in [4.78, 5) is 8.63. The van der Waals surface area contributed by atoms with Crippen molar-refractivity contribution in [3.05, 3.63) is 47.7 Å². The van der Waals surface area contributed by atoms with E-state index >= 15 is 0 Å². The number of hydrogen-bond acceptors (Lipinski definition) is 3. The molecule has 3 rings (SSSR count). The number of fused-ring (bicyclic) bond motifs is 1. The van der Waals surface area contributed by atoms with E-state index in [0.717, 1.165) is 10.5 Å². The first-order valence-electron chi connectivity index (χ1n) is 5.11. The van der Waals surface area contributed by atoms with Crippen LogP contribution in [0.3, 0.4) is 0 Å². The summed E-state index contributed by atoms with van der Waals surface area (Å²) in [5.41, 5.74) is 3.45. The normalized spacial score (nSPS) is 10.8. The van der Waals surface area contributed by atoms with Crippen molar-refractivity contribution < 1.29 is 0 Å². The van der Waals surface area contributed by atoms with Gasteiger partial charge in [0.2, 0.25) is 0 Å². The van der Waals surface area contributed by atoms with E-state index in [1.54, 1.807) is 11.3 Å². The number of para-hydroxylation sites is 1. The number of pyridine rings is 1. The standard InChI is InChI=1S/C13H10N2S/c1-9-15-13-11(3-2-4-12(13)16-9)10-5-7-14-8-6-10/h2-8H,1H3. The number of thiazole rings is 1. The Hall–Kier alpha value is -1.74. The molecule has 3 heteroatoms. The molecule has 78 valence electrons. The van der Waals surface area contributed by atoms with Crippen LogP contribution in [0.15, 0.2) is 42.7 Å². The highest BCUT2D eigenvalue weighted by molar-refractivity contribution is 7.18. The van der Waals surface area contributed by atoms with Gasteiger partial charge in [0.25, 0.3) is 0 Å². The summed E-state index contributed by atoms with van der Waals surface area (Å²) in [6.45, 7) is 2.04. The van der Waals surface area contributed by atoms with Gasteiger partial charge in [-0.3, -0.25) is 4.98 Å². The fourth-order valence-corrected chi connectivity index (χ4v) is 2.68. The van der Waals surface area contributed by atoms with E-state index in [-0.39, 0.29) is 0 Å². The van der Waals surface area contributed by atoms with Crippen molar-refractivity contribution in [2.45, 2.75) is 6.92 Å². The molecule has 0 saturated carbocycles. The van der Waals surface area contributed by atoms with E-state index < -0.39 is 0 Å². The van der Waals surface area contributed by atoms with Gasteiger partial charge in [0.15, 0.2) is 0 Å². The largest absolute Gasteiger partial charge is 0.265 e. The zero-order valence-electron chi connectivity index (χ0n) is 8.84. The maximum atomic E-state index is 4.59. The number of aromatic nitrogens is 2. The third-order valence-corrected chi connectivity index (χ3v) is 3.45. The average molecular weight is 226 g/mol. The van der Waals surface area contributed by atoms with E-state index in [9.17, 15) is 0 Å². The van der Waals surface area contributed by atoms with E-state index in [4.69, 9.17) is 0 Å². The lowest BCUT2D eigenvalue weighted by Gasteiger charge is -2.01. The van der Waals surface area contributed by atoms with Crippen LogP contribution in [0, 0.1) is 6.92 Å². The van der Waals surface area contributed by atoms with Gasteiger partial charge in [-0.2, -0.15) is 0 Å². The van der Waals surface area contributed by atoms with Crippen molar-refractivity contribution in [3.63, 3.8) is 0 Å². The Morgan fingerprint density at radius 3 is 2.69 bits per heavy atom. The second kappa shape index (κ2) is 3.68. The van der Waals surface area contributed by atoms with Gasteiger partial charge in [0, 0.05) is 18.0 Å². The molecule has 0 bridgehead atoms. The van der Waals surface area contributed by atoms with E-state index in [1.807, 2.05) is 31.5 Å². The molecule has 0 unspecified atom stereocenters. The first-order chi connectivity index (χ1) is 7.84. The summed E-state index contributed by atoms with van der Waals surface area (Å²) in [7, 11) is 0. The molecule has 0 spiro atoms. The van der Waals surface area contributed by atoms with Crippen molar-refractivity contribution in [1.29, 1.82) is 0 Å². The van der Waals surface area contributed by atoms with Gasteiger partial charge in [-0.25, -0.2) is 4.98 Å². The topological polar surface area (TPSA) is 25.8 Å². The molecular formula is C13H10N2S. The lowest BCUT2D eigenvalue weighted by atomic mass is 10.1. The molecule has 0 aliphatic heterocycles. The van der Waals surface area contributed by atoms with Crippen molar-refractivity contribution in [1.82, 2.24) is 9.97 Å².